The molecule has 9 nitrogen and oxygen atoms in total. The van der Waals surface area contributed by atoms with Crippen molar-refractivity contribution in [3.05, 3.63) is 72.1 Å². The Morgan fingerprint density at radius 1 is 1.02 bits per heavy atom. The highest BCUT2D eigenvalue weighted by atomic mass is 19.4. The van der Waals surface area contributed by atoms with E-state index in [2.05, 4.69) is 25.1 Å². The number of benzene rings is 1. The van der Waals surface area contributed by atoms with Gasteiger partial charge < -0.3 is 15.1 Å². The van der Waals surface area contributed by atoms with E-state index in [9.17, 15) is 18.0 Å². The van der Waals surface area contributed by atoms with Gasteiger partial charge in [0.15, 0.2) is 5.65 Å². The van der Waals surface area contributed by atoms with E-state index < -0.39 is 11.7 Å². The number of nitrogens with one attached hydrogen (secondary N) is 1. The summed E-state index contributed by atoms with van der Waals surface area (Å²) >= 11 is 0. The number of likely N-dealkylation sites (N-methyl/N-ethyl adjacent to an activating group) is 1. The Morgan fingerprint density at radius 2 is 1.85 bits per heavy atom. The number of hydrogen-bond acceptors (Lipinski definition) is 7. The molecule has 6 rings (SSSR count). The number of carbonyl (C=O) groups is 1. The van der Waals surface area contributed by atoms with Gasteiger partial charge in [-0.05, 0) is 61.5 Å². The van der Waals surface area contributed by atoms with Crippen LogP contribution in [0.1, 0.15) is 17.5 Å². The van der Waals surface area contributed by atoms with Gasteiger partial charge in [0.25, 0.3) is 0 Å². The standard InChI is InChI=1S/C29H31F3N8O/c1-37-10-12-38(13-11-37)18-20-14-22(29(30,31)32)16-23(15-20)35-28(41)21-7-9-39(19-21)27-6-5-26-34-17-25(40(26)36-27)24-4-2-3-8-33-24/h2-6,8,14-17,21H,7,9-13,18-19H2,1H3,(H,35,41)/t21-/m0/s1. The zero-order chi connectivity index (χ0) is 28.6. The number of piperazine rings is 1. The molecule has 0 aliphatic carbocycles. The number of rotatable bonds is 6. The predicted molar refractivity (Wildman–Crippen MR) is 149 cm³/mol. The van der Waals surface area contributed by atoms with Gasteiger partial charge in [0, 0.05) is 57.7 Å². The molecule has 2 aliphatic rings. The topological polar surface area (TPSA) is 81.9 Å². The van der Waals surface area contributed by atoms with Crippen molar-refractivity contribution >= 4 is 23.1 Å². The molecule has 4 aromatic rings. The fourth-order valence-electron chi connectivity index (χ4n) is 5.43. The minimum absolute atomic E-state index is 0.172. The van der Waals surface area contributed by atoms with Crippen LogP contribution in [0.3, 0.4) is 0 Å². The molecule has 2 aliphatic heterocycles. The van der Waals surface area contributed by atoms with Crippen molar-refractivity contribution in [2.75, 3.05) is 56.5 Å². The van der Waals surface area contributed by atoms with Crippen LogP contribution in [0, 0.1) is 5.92 Å². The van der Waals surface area contributed by atoms with Crippen LogP contribution in [-0.4, -0.2) is 81.6 Å². The number of imidazole rings is 1. The minimum Gasteiger partial charge on any atom is -0.354 e. The number of nitrogens with zero attached hydrogens (tertiary/aromatic N) is 7. The summed E-state index contributed by atoms with van der Waals surface area (Å²) in [6.45, 7) is 4.72. The molecule has 1 amide bonds. The molecule has 0 saturated carbocycles. The summed E-state index contributed by atoms with van der Waals surface area (Å²) in [5.41, 5.74) is 2.14. The zero-order valence-corrected chi connectivity index (χ0v) is 22.7. The van der Waals surface area contributed by atoms with Crippen LogP contribution in [0.2, 0.25) is 0 Å². The summed E-state index contributed by atoms with van der Waals surface area (Å²) in [6, 6.07) is 13.2. The quantitative estimate of drug-likeness (QED) is 0.379. The summed E-state index contributed by atoms with van der Waals surface area (Å²) < 4.78 is 42.9. The highest BCUT2D eigenvalue weighted by Crippen LogP contribution is 2.33. The number of fused-ring (bicyclic) bond motifs is 1. The summed E-state index contributed by atoms with van der Waals surface area (Å²) in [5.74, 6) is 0.00735. The molecule has 1 aromatic carbocycles. The highest BCUT2D eigenvalue weighted by Gasteiger charge is 2.33. The first-order valence-corrected chi connectivity index (χ1v) is 13.7. The maximum Gasteiger partial charge on any atom is 0.416 e. The smallest absolute Gasteiger partial charge is 0.354 e. The zero-order valence-electron chi connectivity index (χ0n) is 22.7. The van der Waals surface area contributed by atoms with E-state index in [0.29, 0.717) is 43.1 Å². The second kappa shape index (κ2) is 11.1. The van der Waals surface area contributed by atoms with Crippen molar-refractivity contribution < 1.29 is 18.0 Å². The normalized spacial score (nSPS) is 18.7. The van der Waals surface area contributed by atoms with Gasteiger partial charge in [0.05, 0.1) is 23.4 Å². The van der Waals surface area contributed by atoms with Gasteiger partial charge in [-0.1, -0.05) is 6.07 Å². The van der Waals surface area contributed by atoms with E-state index in [1.807, 2.05) is 42.3 Å². The van der Waals surface area contributed by atoms with Gasteiger partial charge in [0.1, 0.15) is 11.5 Å². The van der Waals surface area contributed by atoms with E-state index in [-0.39, 0.29) is 17.5 Å². The third kappa shape index (κ3) is 6.03. The molecule has 0 radical (unpaired) electrons. The molecule has 2 saturated heterocycles. The van der Waals surface area contributed by atoms with Crippen LogP contribution < -0.4 is 10.2 Å². The summed E-state index contributed by atoms with van der Waals surface area (Å²) in [4.78, 5) is 28.4. The minimum atomic E-state index is -4.51. The number of hydrogen-bond donors (Lipinski definition) is 1. The SMILES string of the molecule is CN1CCN(Cc2cc(NC(=O)[C@H]3CCN(c4ccc5ncc(-c6ccccn6)n5n4)C3)cc(C(F)(F)F)c2)CC1. The highest BCUT2D eigenvalue weighted by molar-refractivity contribution is 5.93. The summed E-state index contributed by atoms with van der Waals surface area (Å²) in [5, 5.41) is 7.53. The Morgan fingerprint density at radius 3 is 2.61 bits per heavy atom. The van der Waals surface area contributed by atoms with Crippen LogP contribution in [0.4, 0.5) is 24.7 Å². The summed E-state index contributed by atoms with van der Waals surface area (Å²) in [6.07, 6.45) is -0.507. The maximum absolute atomic E-state index is 13.7. The number of pyridine rings is 1. The first-order valence-electron chi connectivity index (χ1n) is 13.7. The van der Waals surface area contributed by atoms with Crippen molar-refractivity contribution in [2.24, 2.45) is 5.92 Å². The molecule has 3 aromatic heterocycles. The lowest BCUT2D eigenvalue weighted by Gasteiger charge is -2.32. The van der Waals surface area contributed by atoms with E-state index >= 15 is 0 Å². The van der Waals surface area contributed by atoms with E-state index in [1.165, 1.54) is 6.07 Å². The van der Waals surface area contributed by atoms with Gasteiger partial charge in [-0.25, -0.2) is 9.50 Å². The largest absolute Gasteiger partial charge is 0.416 e. The van der Waals surface area contributed by atoms with Crippen molar-refractivity contribution in [3.63, 3.8) is 0 Å². The first kappa shape index (κ1) is 27.2. The van der Waals surface area contributed by atoms with Crippen molar-refractivity contribution in [3.8, 4) is 11.4 Å². The molecule has 5 heterocycles. The lowest BCUT2D eigenvalue weighted by atomic mass is 10.1. The van der Waals surface area contributed by atoms with Crippen LogP contribution in [-0.2, 0) is 17.5 Å². The molecule has 0 bridgehead atoms. The van der Waals surface area contributed by atoms with Crippen LogP contribution in [0.5, 0.6) is 0 Å². The average molecular weight is 565 g/mol. The number of carbonyl (C=O) groups excluding carboxylic acids is 1. The van der Waals surface area contributed by atoms with Gasteiger partial charge in [-0.3, -0.25) is 14.7 Å². The molecule has 2 fully saturated rings. The Labute approximate surface area is 235 Å². The Bertz CT molecular complexity index is 1530. The molecule has 0 spiro atoms. The Hall–Kier alpha value is -4.03. The molecule has 41 heavy (non-hydrogen) atoms. The number of anilines is 2. The molecular formula is C29H31F3N8O. The van der Waals surface area contributed by atoms with Crippen molar-refractivity contribution in [2.45, 2.75) is 19.1 Å². The first-order chi connectivity index (χ1) is 19.7. The number of amides is 1. The average Bonchev–Trinajstić information content (AvgIpc) is 3.62. The molecule has 1 N–H and O–H groups in total. The fourth-order valence-corrected chi connectivity index (χ4v) is 5.43. The second-order valence-corrected chi connectivity index (χ2v) is 10.7. The van der Waals surface area contributed by atoms with Gasteiger partial charge in [-0.2, -0.15) is 13.2 Å². The molecule has 214 valence electrons. The molecule has 0 unspecified atom stereocenters. The lowest BCUT2D eigenvalue weighted by molar-refractivity contribution is -0.137. The fraction of sp³-hybridized carbons (Fsp3) is 0.379. The predicted octanol–water partition coefficient (Wildman–Crippen LogP) is 4.02. The van der Waals surface area contributed by atoms with Crippen molar-refractivity contribution in [1.82, 2.24) is 29.4 Å². The molecular weight excluding hydrogens is 533 g/mol. The monoisotopic (exact) mass is 564 g/mol. The maximum atomic E-state index is 13.7. The Kier molecular flexibility index (Phi) is 7.35. The number of aromatic nitrogens is 4. The van der Waals surface area contributed by atoms with Gasteiger partial charge >= 0.3 is 6.18 Å². The third-order valence-electron chi connectivity index (χ3n) is 7.75. The van der Waals surface area contributed by atoms with E-state index in [4.69, 9.17) is 5.10 Å². The van der Waals surface area contributed by atoms with E-state index in [0.717, 1.165) is 43.6 Å². The van der Waals surface area contributed by atoms with Crippen LogP contribution in [0.15, 0.2) is 60.9 Å². The number of halogens is 3. The number of alkyl halides is 3. The van der Waals surface area contributed by atoms with Crippen LogP contribution >= 0.6 is 0 Å². The lowest BCUT2D eigenvalue weighted by Crippen LogP contribution is -2.43. The van der Waals surface area contributed by atoms with Crippen molar-refractivity contribution in [1.29, 1.82) is 0 Å². The second-order valence-electron chi connectivity index (χ2n) is 10.7. The molecule has 1 atom stereocenters. The van der Waals surface area contributed by atoms with Gasteiger partial charge in [-0.15, -0.1) is 5.10 Å². The Balaban J connectivity index is 1.16. The molecule has 12 heteroatoms. The summed E-state index contributed by atoms with van der Waals surface area (Å²) in [7, 11) is 2.03. The van der Waals surface area contributed by atoms with Gasteiger partial charge in [0.2, 0.25) is 5.91 Å². The van der Waals surface area contributed by atoms with E-state index in [1.54, 1.807) is 23.0 Å². The third-order valence-corrected chi connectivity index (χ3v) is 7.75. The van der Waals surface area contributed by atoms with Crippen LogP contribution in [0.25, 0.3) is 17.0 Å².